The minimum atomic E-state index is -0.753. The molecule has 6 nitrogen and oxygen atoms in total. The van der Waals surface area contributed by atoms with E-state index in [1.807, 2.05) is 24.3 Å². The standard InChI is InChI=1S/C19H22N4O2/c1-19(2,3)15-7-4-13(5-8-15)16(24)10-20-18(25)14-6-9-17-22-21-12-23(17)11-14/h4-9,11-12,16,24H,10H2,1-3H3,(H,20,25). The molecule has 0 radical (unpaired) electrons. The van der Waals surface area contributed by atoms with Gasteiger partial charge in [0.15, 0.2) is 5.65 Å². The highest BCUT2D eigenvalue weighted by Crippen LogP contribution is 2.23. The van der Waals surface area contributed by atoms with Crippen LogP contribution in [0.1, 0.15) is 48.4 Å². The van der Waals surface area contributed by atoms with Gasteiger partial charge in [-0.1, -0.05) is 45.0 Å². The predicted molar refractivity (Wildman–Crippen MR) is 95.4 cm³/mol. The van der Waals surface area contributed by atoms with E-state index in [0.717, 1.165) is 5.56 Å². The Bertz CT molecular complexity index is 878. The smallest absolute Gasteiger partial charge is 0.252 e. The first-order chi connectivity index (χ1) is 11.8. The summed E-state index contributed by atoms with van der Waals surface area (Å²) in [5.74, 6) is -0.249. The molecule has 0 aliphatic rings. The van der Waals surface area contributed by atoms with E-state index >= 15 is 0 Å². The Hall–Kier alpha value is -2.73. The summed E-state index contributed by atoms with van der Waals surface area (Å²) in [4.78, 5) is 12.3. The van der Waals surface area contributed by atoms with E-state index in [2.05, 4.69) is 36.3 Å². The van der Waals surface area contributed by atoms with Gasteiger partial charge in [0.05, 0.1) is 11.7 Å². The van der Waals surface area contributed by atoms with Gasteiger partial charge in [-0.15, -0.1) is 10.2 Å². The summed E-state index contributed by atoms with van der Waals surface area (Å²) in [6.45, 7) is 6.58. The third-order valence-corrected chi connectivity index (χ3v) is 4.17. The summed E-state index contributed by atoms with van der Waals surface area (Å²) in [5.41, 5.74) is 3.22. The molecule has 1 unspecified atom stereocenters. The Morgan fingerprint density at radius 2 is 1.92 bits per heavy atom. The van der Waals surface area contributed by atoms with Crippen molar-refractivity contribution in [3.8, 4) is 0 Å². The van der Waals surface area contributed by atoms with E-state index in [9.17, 15) is 9.90 Å². The van der Waals surface area contributed by atoms with Crippen LogP contribution in [0.3, 0.4) is 0 Å². The Kier molecular flexibility index (Phi) is 4.55. The lowest BCUT2D eigenvalue weighted by molar-refractivity contribution is 0.0916. The average Bonchev–Trinajstić information content (AvgIpc) is 3.06. The first-order valence-electron chi connectivity index (χ1n) is 8.21. The number of nitrogens with one attached hydrogen (secondary N) is 1. The third kappa shape index (κ3) is 3.85. The van der Waals surface area contributed by atoms with Gasteiger partial charge in [0.1, 0.15) is 6.33 Å². The predicted octanol–water partition coefficient (Wildman–Crippen LogP) is 2.49. The second-order valence-electron chi connectivity index (χ2n) is 7.11. The van der Waals surface area contributed by atoms with E-state index in [0.29, 0.717) is 11.2 Å². The van der Waals surface area contributed by atoms with E-state index in [1.165, 1.54) is 11.9 Å². The van der Waals surface area contributed by atoms with Gasteiger partial charge in [0.25, 0.3) is 5.91 Å². The average molecular weight is 338 g/mol. The van der Waals surface area contributed by atoms with Crippen LogP contribution in [0.4, 0.5) is 0 Å². The molecule has 2 heterocycles. The number of carbonyl (C=O) groups is 1. The van der Waals surface area contributed by atoms with Crippen LogP contribution < -0.4 is 5.32 Å². The number of benzene rings is 1. The maximum atomic E-state index is 12.3. The molecule has 3 rings (SSSR count). The van der Waals surface area contributed by atoms with Crippen LogP contribution in [-0.2, 0) is 5.41 Å². The molecule has 2 N–H and O–H groups in total. The number of nitrogens with zero attached hydrogens (tertiary/aromatic N) is 3. The maximum absolute atomic E-state index is 12.3. The van der Waals surface area contributed by atoms with Crippen molar-refractivity contribution in [2.24, 2.45) is 0 Å². The number of aromatic nitrogens is 3. The molecule has 25 heavy (non-hydrogen) atoms. The van der Waals surface area contributed by atoms with E-state index in [1.54, 1.807) is 22.7 Å². The molecular weight excluding hydrogens is 316 g/mol. The van der Waals surface area contributed by atoms with Crippen molar-refractivity contribution in [3.63, 3.8) is 0 Å². The Balaban J connectivity index is 1.63. The molecule has 0 spiro atoms. The van der Waals surface area contributed by atoms with Crippen molar-refractivity contribution >= 4 is 11.6 Å². The normalized spacial score (nSPS) is 13.0. The van der Waals surface area contributed by atoms with Crippen LogP contribution in [0.5, 0.6) is 0 Å². The van der Waals surface area contributed by atoms with Gasteiger partial charge in [-0.3, -0.25) is 9.20 Å². The summed E-state index contributed by atoms with van der Waals surface area (Å²) in [6.07, 6.45) is 2.45. The van der Waals surface area contributed by atoms with Gasteiger partial charge in [0, 0.05) is 12.7 Å². The van der Waals surface area contributed by atoms with Crippen molar-refractivity contribution in [1.29, 1.82) is 0 Å². The van der Waals surface area contributed by atoms with Crippen molar-refractivity contribution in [2.75, 3.05) is 6.54 Å². The molecule has 0 aliphatic heterocycles. The number of hydrogen-bond acceptors (Lipinski definition) is 4. The molecule has 6 heteroatoms. The molecule has 0 saturated heterocycles. The zero-order valence-electron chi connectivity index (χ0n) is 14.6. The monoisotopic (exact) mass is 338 g/mol. The molecular formula is C19H22N4O2. The van der Waals surface area contributed by atoms with Crippen LogP contribution in [-0.4, -0.2) is 32.2 Å². The lowest BCUT2D eigenvalue weighted by atomic mass is 9.86. The van der Waals surface area contributed by atoms with Crippen molar-refractivity contribution in [2.45, 2.75) is 32.3 Å². The molecule has 130 valence electrons. The minimum absolute atomic E-state index is 0.0680. The van der Waals surface area contributed by atoms with Gasteiger partial charge < -0.3 is 10.4 Å². The largest absolute Gasteiger partial charge is 0.387 e. The molecule has 1 aromatic carbocycles. The first-order valence-corrected chi connectivity index (χ1v) is 8.21. The number of rotatable bonds is 4. The number of hydrogen-bond donors (Lipinski definition) is 2. The number of pyridine rings is 1. The molecule has 2 aromatic heterocycles. The van der Waals surface area contributed by atoms with Gasteiger partial charge in [0.2, 0.25) is 0 Å². The van der Waals surface area contributed by atoms with Crippen molar-refractivity contribution in [3.05, 3.63) is 65.6 Å². The fourth-order valence-corrected chi connectivity index (χ4v) is 2.58. The van der Waals surface area contributed by atoms with Gasteiger partial charge in [-0.25, -0.2) is 0 Å². The zero-order valence-corrected chi connectivity index (χ0v) is 14.6. The number of fused-ring (bicyclic) bond motifs is 1. The SMILES string of the molecule is CC(C)(C)c1ccc(C(O)CNC(=O)c2ccc3nncn3c2)cc1. The Morgan fingerprint density at radius 3 is 2.60 bits per heavy atom. The highest BCUT2D eigenvalue weighted by molar-refractivity contribution is 5.94. The summed E-state index contributed by atoms with van der Waals surface area (Å²) in [6, 6.07) is 11.2. The zero-order chi connectivity index (χ0) is 18.0. The quantitative estimate of drug-likeness (QED) is 0.766. The van der Waals surface area contributed by atoms with Crippen molar-refractivity contribution < 1.29 is 9.90 Å². The number of carbonyl (C=O) groups excluding carboxylic acids is 1. The molecule has 0 aliphatic carbocycles. The fourth-order valence-electron chi connectivity index (χ4n) is 2.58. The van der Waals surface area contributed by atoms with Crippen LogP contribution in [0.2, 0.25) is 0 Å². The molecule has 3 aromatic rings. The third-order valence-electron chi connectivity index (χ3n) is 4.17. The molecule has 0 saturated carbocycles. The van der Waals surface area contributed by atoms with Crippen LogP contribution in [0.15, 0.2) is 48.9 Å². The van der Waals surface area contributed by atoms with E-state index in [-0.39, 0.29) is 17.9 Å². The maximum Gasteiger partial charge on any atom is 0.252 e. The summed E-state index contributed by atoms with van der Waals surface area (Å²) >= 11 is 0. The molecule has 0 fully saturated rings. The molecule has 1 atom stereocenters. The summed E-state index contributed by atoms with van der Waals surface area (Å²) in [7, 11) is 0. The summed E-state index contributed by atoms with van der Waals surface area (Å²) in [5, 5.41) is 20.7. The lowest BCUT2D eigenvalue weighted by Crippen LogP contribution is -2.28. The number of aliphatic hydroxyl groups excluding tert-OH is 1. The topological polar surface area (TPSA) is 79.5 Å². The number of aliphatic hydroxyl groups is 1. The fraction of sp³-hybridized carbons (Fsp3) is 0.316. The highest BCUT2D eigenvalue weighted by Gasteiger charge is 2.15. The number of amides is 1. The lowest BCUT2D eigenvalue weighted by Gasteiger charge is -2.20. The molecule has 1 amide bonds. The Morgan fingerprint density at radius 1 is 1.20 bits per heavy atom. The van der Waals surface area contributed by atoms with E-state index < -0.39 is 6.10 Å². The van der Waals surface area contributed by atoms with Crippen LogP contribution in [0.25, 0.3) is 5.65 Å². The van der Waals surface area contributed by atoms with E-state index in [4.69, 9.17) is 0 Å². The van der Waals surface area contributed by atoms with Crippen molar-refractivity contribution in [1.82, 2.24) is 19.9 Å². The first kappa shape index (κ1) is 17.1. The summed E-state index contributed by atoms with van der Waals surface area (Å²) < 4.78 is 1.68. The van der Waals surface area contributed by atoms with Gasteiger partial charge >= 0.3 is 0 Å². The van der Waals surface area contributed by atoms with Crippen LogP contribution >= 0.6 is 0 Å². The minimum Gasteiger partial charge on any atom is -0.387 e. The van der Waals surface area contributed by atoms with Gasteiger partial charge in [-0.2, -0.15) is 0 Å². The highest BCUT2D eigenvalue weighted by atomic mass is 16.3. The van der Waals surface area contributed by atoms with Gasteiger partial charge in [-0.05, 0) is 28.7 Å². The second-order valence-corrected chi connectivity index (χ2v) is 7.11. The Labute approximate surface area is 146 Å². The molecule has 0 bridgehead atoms. The van der Waals surface area contributed by atoms with Crippen LogP contribution in [0, 0.1) is 0 Å². The second kappa shape index (κ2) is 6.64.